The Morgan fingerprint density at radius 2 is 1.87 bits per heavy atom. The van der Waals surface area contributed by atoms with E-state index in [-0.39, 0.29) is 5.92 Å². The third-order valence-electron chi connectivity index (χ3n) is 5.56. The lowest BCUT2D eigenvalue weighted by molar-refractivity contribution is -0.140. The molecule has 0 radical (unpaired) electrons. The molecule has 2 unspecified atom stereocenters. The highest BCUT2D eigenvalue weighted by Gasteiger charge is 2.62. The maximum absolute atomic E-state index is 12.7. The van der Waals surface area contributed by atoms with E-state index in [2.05, 4.69) is 10.5 Å². The second-order valence-corrected chi connectivity index (χ2v) is 7.51. The Morgan fingerprint density at radius 1 is 1.17 bits per heavy atom. The predicted molar refractivity (Wildman–Crippen MR) is 108 cm³/mol. The van der Waals surface area contributed by atoms with Gasteiger partial charge in [0.2, 0.25) is 0 Å². The van der Waals surface area contributed by atoms with E-state index < -0.39 is 17.4 Å². The number of benzene rings is 2. The lowest BCUT2D eigenvalue weighted by atomic mass is 10.1. The Kier molecular flexibility index (Phi) is 5.03. The molecule has 1 aliphatic rings. The molecule has 2 aromatic carbocycles. The van der Waals surface area contributed by atoms with Gasteiger partial charge in [-0.1, -0.05) is 35.5 Å². The van der Waals surface area contributed by atoms with E-state index in [1.807, 2.05) is 44.2 Å². The Labute approximate surface area is 173 Å². The number of amides is 1. The van der Waals surface area contributed by atoms with Crippen LogP contribution in [-0.2, 0) is 11.4 Å². The van der Waals surface area contributed by atoms with Gasteiger partial charge in [-0.25, -0.2) is 4.79 Å². The number of carboxylic acids is 1. The van der Waals surface area contributed by atoms with Crippen molar-refractivity contribution in [1.29, 1.82) is 0 Å². The summed E-state index contributed by atoms with van der Waals surface area (Å²) in [5.41, 5.74) is 1.68. The molecule has 1 saturated carbocycles. The van der Waals surface area contributed by atoms with Crippen LogP contribution in [0.4, 0.5) is 0 Å². The molecule has 2 N–H and O–H groups in total. The van der Waals surface area contributed by atoms with Crippen LogP contribution in [0.15, 0.2) is 59.1 Å². The van der Waals surface area contributed by atoms with Crippen molar-refractivity contribution in [3.8, 4) is 5.75 Å². The van der Waals surface area contributed by atoms with Crippen LogP contribution in [0.5, 0.6) is 5.75 Å². The first kappa shape index (κ1) is 19.7. The first-order chi connectivity index (χ1) is 14.4. The highest BCUT2D eigenvalue weighted by molar-refractivity contribution is 5.99. The minimum Gasteiger partial charge on any atom is -0.489 e. The van der Waals surface area contributed by atoms with Crippen LogP contribution in [-0.4, -0.2) is 27.7 Å². The normalized spacial score (nSPS) is 19.9. The summed E-state index contributed by atoms with van der Waals surface area (Å²) < 4.78 is 10.9. The topological polar surface area (TPSA) is 102 Å². The first-order valence-electron chi connectivity index (χ1n) is 9.66. The van der Waals surface area contributed by atoms with Crippen LogP contribution < -0.4 is 10.1 Å². The Morgan fingerprint density at radius 3 is 2.47 bits per heavy atom. The zero-order valence-corrected chi connectivity index (χ0v) is 16.7. The number of rotatable bonds is 7. The Bertz CT molecular complexity index is 1060. The van der Waals surface area contributed by atoms with Crippen LogP contribution in [0.2, 0.25) is 0 Å². The predicted octanol–water partition coefficient (Wildman–Crippen LogP) is 3.61. The number of nitrogens with zero attached hydrogens (tertiary/aromatic N) is 1. The van der Waals surface area contributed by atoms with Gasteiger partial charge in [0.25, 0.3) is 5.91 Å². The highest BCUT2D eigenvalue weighted by atomic mass is 16.5. The molecule has 1 heterocycles. The number of aliphatic carboxylic acids is 1. The fourth-order valence-corrected chi connectivity index (χ4v) is 3.62. The van der Waals surface area contributed by atoms with Gasteiger partial charge in [0.15, 0.2) is 0 Å². The quantitative estimate of drug-likeness (QED) is 0.622. The highest BCUT2D eigenvalue weighted by Crippen LogP contribution is 2.51. The smallest absolute Gasteiger partial charge is 0.330 e. The number of carbonyl (C=O) groups is 2. The van der Waals surface area contributed by atoms with Crippen molar-refractivity contribution in [2.75, 3.05) is 0 Å². The molecule has 7 nitrogen and oxygen atoms in total. The van der Waals surface area contributed by atoms with E-state index in [9.17, 15) is 14.7 Å². The summed E-state index contributed by atoms with van der Waals surface area (Å²) in [5, 5.41) is 16.3. The molecule has 0 spiro atoms. The first-order valence-corrected chi connectivity index (χ1v) is 9.66. The van der Waals surface area contributed by atoms with Gasteiger partial charge in [-0.3, -0.25) is 4.79 Å². The maximum Gasteiger partial charge on any atom is 0.330 e. The van der Waals surface area contributed by atoms with E-state index in [4.69, 9.17) is 9.26 Å². The van der Waals surface area contributed by atoms with Gasteiger partial charge >= 0.3 is 5.97 Å². The van der Waals surface area contributed by atoms with E-state index in [0.29, 0.717) is 30.1 Å². The third-order valence-corrected chi connectivity index (χ3v) is 5.56. The Hall–Kier alpha value is -3.61. The number of hydrogen-bond acceptors (Lipinski definition) is 5. The molecule has 3 aromatic rings. The molecule has 7 heteroatoms. The molecule has 0 aliphatic heterocycles. The van der Waals surface area contributed by atoms with Crippen LogP contribution in [0, 0.1) is 13.8 Å². The molecule has 1 fully saturated rings. The average Bonchev–Trinajstić information content (AvgIpc) is 3.40. The van der Waals surface area contributed by atoms with Crippen molar-refractivity contribution in [1.82, 2.24) is 10.5 Å². The minimum absolute atomic E-state index is 0.238. The number of aryl methyl sites for hydroxylation is 2. The summed E-state index contributed by atoms with van der Waals surface area (Å²) in [6, 6.07) is 16.0. The zero-order valence-electron chi connectivity index (χ0n) is 16.7. The fraction of sp³-hybridized carbons (Fsp3) is 0.261. The fourth-order valence-electron chi connectivity index (χ4n) is 3.62. The van der Waals surface area contributed by atoms with Gasteiger partial charge in [0.1, 0.15) is 23.7 Å². The van der Waals surface area contributed by atoms with E-state index in [0.717, 1.165) is 16.8 Å². The molecule has 1 aromatic heterocycles. The molecule has 154 valence electrons. The van der Waals surface area contributed by atoms with Crippen molar-refractivity contribution in [3.05, 3.63) is 82.7 Å². The number of aromatic nitrogens is 1. The molecule has 1 aliphatic carbocycles. The lowest BCUT2D eigenvalue weighted by Crippen LogP contribution is -2.44. The van der Waals surface area contributed by atoms with Crippen molar-refractivity contribution >= 4 is 11.9 Å². The van der Waals surface area contributed by atoms with Crippen molar-refractivity contribution in [3.63, 3.8) is 0 Å². The maximum atomic E-state index is 12.7. The molecular formula is C23H22N2O5. The Balaban J connectivity index is 1.42. The molecule has 0 bridgehead atoms. The van der Waals surface area contributed by atoms with Crippen LogP contribution in [0.25, 0.3) is 0 Å². The summed E-state index contributed by atoms with van der Waals surface area (Å²) in [7, 11) is 0. The van der Waals surface area contributed by atoms with Gasteiger partial charge in [-0.15, -0.1) is 0 Å². The van der Waals surface area contributed by atoms with Crippen molar-refractivity contribution < 1.29 is 24.0 Å². The van der Waals surface area contributed by atoms with Crippen LogP contribution in [0.3, 0.4) is 0 Å². The van der Waals surface area contributed by atoms with Crippen LogP contribution in [0.1, 0.15) is 45.3 Å². The summed E-state index contributed by atoms with van der Waals surface area (Å²) in [5.74, 6) is -0.386. The molecule has 0 saturated heterocycles. The summed E-state index contributed by atoms with van der Waals surface area (Å²) in [6.07, 6.45) is 0.372. The zero-order chi connectivity index (χ0) is 21.3. The number of carbonyl (C=O) groups excluding carboxylic acids is 1. The number of hydrogen-bond donors (Lipinski definition) is 2. The lowest BCUT2D eigenvalue weighted by Gasteiger charge is -2.15. The number of nitrogens with one attached hydrogen (secondary N) is 1. The standard InChI is InChI=1S/C23H22N2O5/c1-14-19(15(2)30-25-14)13-29-18-10-8-17(9-11-18)21(26)24-23(22(27)28)12-20(23)16-6-4-3-5-7-16/h3-11,20H,12-13H2,1-2H3,(H,24,26)(H,27,28). The van der Waals surface area contributed by atoms with E-state index in [1.54, 1.807) is 24.3 Å². The molecule has 1 amide bonds. The molecular weight excluding hydrogens is 384 g/mol. The summed E-state index contributed by atoms with van der Waals surface area (Å²) >= 11 is 0. The molecule has 4 rings (SSSR count). The van der Waals surface area contributed by atoms with Gasteiger partial charge < -0.3 is 19.7 Å². The van der Waals surface area contributed by atoms with E-state index >= 15 is 0 Å². The summed E-state index contributed by atoms with van der Waals surface area (Å²) in [4.78, 5) is 24.6. The van der Waals surface area contributed by atoms with Crippen LogP contribution >= 0.6 is 0 Å². The van der Waals surface area contributed by atoms with Gasteiger partial charge in [-0.05, 0) is 50.1 Å². The van der Waals surface area contributed by atoms with Crippen molar-refractivity contribution in [2.45, 2.75) is 38.3 Å². The molecule has 30 heavy (non-hydrogen) atoms. The second kappa shape index (κ2) is 7.67. The third kappa shape index (κ3) is 3.66. The average molecular weight is 406 g/mol. The number of carboxylic acid groups (broad SMARTS) is 1. The van der Waals surface area contributed by atoms with Crippen molar-refractivity contribution in [2.24, 2.45) is 0 Å². The largest absolute Gasteiger partial charge is 0.489 e. The minimum atomic E-state index is -1.27. The molecule has 2 atom stereocenters. The SMILES string of the molecule is Cc1noc(C)c1COc1ccc(C(=O)NC2(C(=O)O)CC2c2ccccc2)cc1. The van der Waals surface area contributed by atoms with Gasteiger partial charge in [-0.2, -0.15) is 0 Å². The number of ether oxygens (including phenoxy) is 1. The van der Waals surface area contributed by atoms with Gasteiger partial charge in [0.05, 0.1) is 11.3 Å². The monoisotopic (exact) mass is 406 g/mol. The van der Waals surface area contributed by atoms with E-state index in [1.165, 1.54) is 0 Å². The van der Waals surface area contributed by atoms with Gasteiger partial charge in [0, 0.05) is 11.5 Å². The second-order valence-electron chi connectivity index (χ2n) is 7.51. The summed E-state index contributed by atoms with van der Waals surface area (Å²) in [6.45, 7) is 3.99.